The molecule has 0 aromatic carbocycles. The van der Waals surface area contributed by atoms with Crippen molar-refractivity contribution in [3.8, 4) is 0 Å². The maximum absolute atomic E-state index is 10.8. The van der Waals surface area contributed by atoms with E-state index in [1.54, 1.807) is 50.2 Å². The fourth-order valence-corrected chi connectivity index (χ4v) is 3.51. The molecule has 1 saturated heterocycles. The Bertz CT molecular complexity index is 898. The molecule has 198 valence electrons. The van der Waals surface area contributed by atoms with Gasteiger partial charge < -0.3 is 4.84 Å². The fraction of sp³-hybridized carbons (Fsp3) is 0.393. The van der Waals surface area contributed by atoms with Gasteiger partial charge in [0.25, 0.3) is 0 Å². The molecule has 0 saturated carbocycles. The zero-order chi connectivity index (χ0) is 27.2. The van der Waals surface area contributed by atoms with Crippen LogP contribution in [0, 0.1) is 0 Å². The summed E-state index contributed by atoms with van der Waals surface area (Å²) < 4.78 is 0. The molecule has 1 unspecified atom stereocenters. The molecule has 1 aliphatic heterocycles. The predicted octanol–water partition coefficient (Wildman–Crippen LogP) is 5.09. The smallest absolute Gasteiger partial charge is 0.150 e. The minimum atomic E-state index is 0.332. The van der Waals surface area contributed by atoms with Gasteiger partial charge in [0.1, 0.15) is 19.2 Å². The summed E-state index contributed by atoms with van der Waals surface area (Å²) in [5.41, 5.74) is 6.68. The highest BCUT2D eigenvalue weighted by molar-refractivity contribution is 7.99. The summed E-state index contributed by atoms with van der Waals surface area (Å²) in [6, 6.07) is 0.332. The predicted molar refractivity (Wildman–Crippen MR) is 157 cm³/mol. The van der Waals surface area contributed by atoms with Crippen molar-refractivity contribution in [1.82, 2.24) is 10.4 Å². The number of likely N-dealkylation sites (N-methyl/N-ethyl adjacent to an activating group) is 1. The highest BCUT2D eigenvalue weighted by Gasteiger charge is 2.27. The van der Waals surface area contributed by atoms with Crippen LogP contribution >= 0.6 is 11.8 Å². The number of hydrogen-bond donors (Lipinski definition) is 1. The Hall–Kier alpha value is -2.94. The Labute approximate surface area is 221 Å². The van der Waals surface area contributed by atoms with Gasteiger partial charge in [-0.15, -0.1) is 0 Å². The van der Waals surface area contributed by atoms with Gasteiger partial charge in [-0.05, 0) is 38.3 Å². The average molecular weight is 515 g/mol. The number of likely N-dealkylation sites (tertiary alicyclic amines) is 1. The van der Waals surface area contributed by atoms with Gasteiger partial charge in [0, 0.05) is 31.6 Å². The number of allylic oxidation sites excluding steroid dienone is 12. The number of rotatable bonds is 13. The first-order valence-corrected chi connectivity index (χ1v) is 13.0. The van der Waals surface area contributed by atoms with Gasteiger partial charge in [-0.25, -0.2) is 0 Å². The van der Waals surface area contributed by atoms with E-state index in [1.165, 1.54) is 0 Å². The van der Waals surface area contributed by atoms with Gasteiger partial charge >= 0.3 is 0 Å². The number of aldehydes is 1. The largest absolute Gasteiger partial charge is 0.399 e. The number of carbonyl (C=O) groups excluding carboxylic acids is 1. The molecule has 1 aliphatic rings. The first-order valence-electron chi connectivity index (χ1n) is 11.6. The summed E-state index contributed by atoms with van der Waals surface area (Å²) in [5.74, 6) is 1.68. The van der Waals surface area contributed by atoms with E-state index in [4.69, 9.17) is 9.68 Å². The van der Waals surface area contributed by atoms with Crippen LogP contribution in [0.3, 0.4) is 0 Å². The van der Waals surface area contributed by atoms with E-state index in [2.05, 4.69) is 40.7 Å². The molecule has 1 N–H and O–H groups in total. The lowest BCUT2D eigenvalue weighted by atomic mass is 10.1. The molecule has 0 aromatic heterocycles. The van der Waals surface area contributed by atoms with Gasteiger partial charge in [-0.3, -0.25) is 25.0 Å². The molecule has 0 amide bonds. The standard InChI is InChI=1S/C17H20O.C11H22N4O2S/c1-5-8-11-17(10-7-3)15(4)12-13-16(14-18)9-6-2;1-12-11(8-18-4)14-17-7-10-5-9(13-16-3)6-15(10)2/h5-14H,1,3H2,2,4H3;10H,5-8H2,1-4H3,(H,12,14)/b9-6-,11-8-,15-12+,16-13+,17-10+;. The molecule has 1 fully saturated rings. The molecule has 1 rings (SSSR count). The SMILES string of the molecule is C=C\C=C/C(=C\C=C)C(/C)=C/C=C(C=O)\C=C/C.CN=C(CSC)NOCC1CC(=NOC)CN1C. The third-order valence-corrected chi connectivity index (χ3v) is 5.51. The third kappa shape index (κ3) is 14.5. The normalized spacial score (nSPS) is 18.9. The number of oxime groups is 1. The van der Waals surface area contributed by atoms with Crippen molar-refractivity contribution in [2.24, 2.45) is 10.1 Å². The molecule has 0 spiro atoms. The summed E-state index contributed by atoms with van der Waals surface area (Å²) in [5, 5.41) is 3.99. The number of carbonyl (C=O) groups is 1. The van der Waals surface area contributed by atoms with Crippen LogP contribution in [0.2, 0.25) is 0 Å². The Morgan fingerprint density at radius 1 is 1.25 bits per heavy atom. The first kappa shape index (κ1) is 33.1. The fourth-order valence-electron chi connectivity index (χ4n) is 3.05. The molecule has 0 aliphatic carbocycles. The number of aliphatic imine (C=N–C) groups is 1. The van der Waals surface area contributed by atoms with E-state index in [9.17, 15) is 4.79 Å². The highest BCUT2D eigenvalue weighted by atomic mass is 32.2. The van der Waals surface area contributed by atoms with E-state index in [0.717, 1.165) is 47.7 Å². The number of hydrogen-bond acceptors (Lipinski definition) is 7. The minimum Gasteiger partial charge on any atom is -0.399 e. The molecule has 0 radical (unpaired) electrons. The first-order chi connectivity index (χ1) is 17.4. The Kier molecular flexibility index (Phi) is 19.6. The summed E-state index contributed by atoms with van der Waals surface area (Å²) in [6.07, 6.45) is 20.2. The van der Waals surface area contributed by atoms with Gasteiger partial charge in [-0.2, -0.15) is 11.8 Å². The van der Waals surface area contributed by atoms with Crippen molar-refractivity contribution in [3.63, 3.8) is 0 Å². The molecule has 36 heavy (non-hydrogen) atoms. The van der Waals surface area contributed by atoms with Gasteiger partial charge in [0.2, 0.25) is 0 Å². The van der Waals surface area contributed by atoms with Crippen LogP contribution in [0.1, 0.15) is 20.3 Å². The zero-order valence-electron chi connectivity index (χ0n) is 22.6. The van der Waals surface area contributed by atoms with Crippen molar-refractivity contribution in [2.45, 2.75) is 26.3 Å². The lowest BCUT2D eigenvalue weighted by molar-refractivity contribution is -0.104. The molecule has 0 aromatic rings. The molecule has 8 heteroatoms. The van der Waals surface area contributed by atoms with Crippen molar-refractivity contribution in [3.05, 3.63) is 84.6 Å². The third-order valence-electron chi connectivity index (χ3n) is 4.95. The van der Waals surface area contributed by atoms with E-state index in [-0.39, 0.29) is 0 Å². The van der Waals surface area contributed by atoms with Gasteiger partial charge in [0.15, 0.2) is 0 Å². The number of thioether (sulfide) groups is 1. The Balaban J connectivity index is 0.000000681. The summed E-state index contributed by atoms with van der Waals surface area (Å²) >= 11 is 1.71. The van der Waals surface area contributed by atoms with Gasteiger partial charge in [-0.1, -0.05) is 73.0 Å². The summed E-state index contributed by atoms with van der Waals surface area (Å²) in [6.45, 7) is 12.6. The molecular formula is C28H42N4O3S. The number of hydroxylamine groups is 1. The molecule has 0 bridgehead atoms. The molecular weight excluding hydrogens is 472 g/mol. The molecule has 1 atom stereocenters. The van der Waals surface area contributed by atoms with Crippen molar-refractivity contribution in [2.75, 3.05) is 46.4 Å². The van der Waals surface area contributed by atoms with E-state index in [1.807, 2.05) is 50.5 Å². The lowest BCUT2D eigenvalue weighted by Crippen LogP contribution is -2.34. The maximum Gasteiger partial charge on any atom is 0.150 e. The van der Waals surface area contributed by atoms with Crippen LogP contribution in [0.15, 0.2) is 94.7 Å². The quantitative estimate of drug-likeness (QED) is 0.0921. The maximum atomic E-state index is 10.8. The number of nitrogens with one attached hydrogen (secondary N) is 1. The second-order valence-corrected chi connectivity index (χ2v) is 8.58. The summed E-state index contributed by atoms with van der Waals surface area (Å²) in [4.78, 5) is 27.4. The topological polar surface area (TPSA) is 75.5 Å². The van der Waals surface area contributed by atoms with Crippen molar-refractivity contribution >= 4 is 29.6 Å². The van der Waals surface area contributed by atoms with E-state index >= 15 is 0 Å². The van der Waals surface area contributed by atoms with Gasteiger partial charge in [0.05, 0.1) is 18.1 Å². The van der Waals surface area contributed by atoms with Crippen LogP contribution in [-0.2, 0) is 14.5 Å². The average Bonchev–Trinajstić information content (AvgIpc) is 3.22. The number of nitrogens with zero attached hydrogens (tertiary/aromatic N) is 3. The second kappa shape index (κ2) is 21.4. The monoisotopic (exact) mass is 514 g/mol. The summed E-state index contributed by atoms with van der Waals surface area (Å²) in [7, 11) is 5.39. The minimum absolute atomic E-state index is 0.332. The highest BCUT2D eigenvalue weighted by Crippen LogP contribution is 2.14. The Morgan fingerprint density at radius 2 is 2.00 bits per heavy atom. The number of amidine groups is 1. The molecule has 1 heterocycles. The van der Waals surface area contributed by atoms with Crippen LogP contribution < -0.4 is 5.48 Å². The van der Waals surface area contributed by atoms with E-state index < -0.39 is 0 Å². The van der Waals surface area contributed by atoms with E-state index in [0.29, 0.717) is 18.2 Å². The zero-order valence-corrected chi connectivity index (χ0v) is 23.4. The van der Waals surface area contributed by atoms with Crippen LogP contribution in [0.5, 0.6) is 0 Å². The Morgan fingerprint density at radius 3 is 2.56 bits per heavy atom. The molecule has 7 nitrogen and oxygen atoms in total. The second-order valence-electron chi connectivity index (χ2n) is 7.72. The van der Waals surface area contributed by atoms with Crippen molar-refractivity contribution in [1.29, 1.82) is 0 Å². The lowest BCUT2D eigenvalue weighted by Gasteiger charge is -2.18. The van der Waals surface area contributed by atoms with Crippen LogP contribution in [0.4, 0.5) is 0 Å². The van der Waals surface area contributed by atoms with Crippen LogP contribution in [0.25, 0.3) is 0 Å². The van der Waals surface area contributed by atoms with Crippen molar-refractivity contribution < 1.29 is 14.5 Å². The van der Waals surface area contributed by atoms with Crippen LogP contribution in [-0.4, -0.2) is 75.1 Å².